The first-order valence-corrected chi connectivity index (χ1v) is 9.18. The van der Waals surface area contributed by atoms with Gasteiger partial charge in [-0.2, -0.15) is 0 Å². The maximum atomic E-state index is 12.9. The van der Waals surface area contributed by atoms with Crippen molar-refractivity contribution in [2.45, 2.75) is 32.6 Å². The Morgan fingerprint density at radius 1 is 1.07 bits per heavy atom. The van der Waals surface area contributed by atoms with Crippen molar-refractivity contribution in [1.29, 1.82) is 0 Å². The number of aromatic nitrogens is 2. The van der Waals surface area contributed by atoms with Gasteiger partial charge in [0, 0.05) is 19.2 Å². The highest BCUT2D eigenvalue weighted by Crippen LogP contribution is 2.22. The first kappa shape index (κ1) is 18.8. The van der Waals surface area contributed by atoms with E-state index in [1.165, 1.54) is 7.11 Å². The smallest absolute Gasteiger partial charge is 0.339 e. The predicted molar refractivity (Wildman–Crippen MR) is 102 cm³/mol. The average molecular weight is 368 g/mol. The minimum atomic E-state index is -0.440. The van der Waals surface area contributed by atoms with Gasteiger partial charge in [0.05, 0.1) is 18.4 Å². The number of para-hydroxylation sites is 1. The van der Waals surface area contributed by atoms with Crippen LogP contribution in [0.1, 0.15) is 52.4 Å². The summed E-state index contributed by atoms with van der Waals surface area (Å²) in [5, 5.41) is 3.12. The lowest BCUT2D eigenvalue weighted by molar-refractivity contribution is 0.0601. The van der Waals surface area contributed by atoms with Gasteiger partial charge in [-0.3, -0.25) is 4.79 Å². The van der Waals surface area contributed by atoms with E-state index in [0.717, 1.165) is 38.8 Å². The van der Waals surface area contributed by atoms with Gasteiger partial charge >= 0.3 is 5.97 Å². The Morgan fingerprint density at radius 3 is 2.48 bits per heavy atom. The number of methoxy groups -OCH3 is 1. The Kier molecular flexibility index (Phi) is 6.01. The zero-order valence-electron chi connectivity index (χ0n) is 15.7. The first-order valence-electron chi connectivity index (χ1n) is 9.18. The average Bonchev–Trinajstić information content (AvgIpc) is 2.96. The van der Waals surface area contributed by atoms with Gasteiger partial charge in [-0.1, -0.05) is 25.0 Å². The van der Waals surface area contributed by atoms with Crippen LogP contribution in [0.2, 0.25) is 0 Å². The summed E-state index contributed by atoms with van der Waals surface area (Å²) in [5.41, 5.74) is 1.33. The number of benzene rings is 1. The number of anilines is 2. The van der Waals surface area contributed by atoms with Gasteiger partial charge < -0.3 is 15.0 Å². The molecule has 1 aliphatic heterocycles. The number of hydrogen-bond donors (Lipinski definition) is 1. The zero-order chi connectivity index (χ0) is 19.2. The van der Waals surface area contributed by atoms with Crippen LogP contribution >= 0.6 is 0 Å². The number of amides is 1. The molecule has 3 rings (SSSR count). The van der Waals surface area contributed by atoms with Gasteiger partial charge in [0.15, 0.2) is 0 Å². The van der Waals surface area contributed by atoms with Gasteiger partial charge in [-0.15, -0.1) is 0 Å². The lowest BCUT2D eigenvalue weighted by Crippen LogP contribution is -2.32. The van der Waals surface area contributed by atoms with Gasteiger partial charge in [0.1, 0.15) is 17.3 Å². The fourth-order valence-electron chi connectivity index (χ4n) is 3.20. The molecule has 0 aliphatic carbocycles. The van der Waals surface area contributed by atoms with Crippen molar-refractivity contribution in [3.63, 3.8) is 0 Å². The fraction of sp³-hybridized carbons (Fsp3) is 0.400. The van der Waals surface area contributed by atoms with Crippen molar-refractivity contribution in [3.8, 4) is 0 Å². The molecule has 2 aromatic rings. The quantitative estimate of drug-likeness (QED) is 0.834. The maximum Gasteiger partial charge on any atom is 0.339 e. The standard InChI is InChI=1S/C20H24N4O3/c1-14-21-17(19(25)24-11-7-3-4-8-12-24)13-18(22-14)23-16-10-6-5-9-15(16)20(26)27-2/h5-6,9-10,13H,3-4,7-8,11-12H2,1-2H3,(H,21,22,23). The van der Waals surface area contributed by atoms with Gasteiger partial charge in [0.2, 0.25) is 0 Å². The predicted octanol–water partition coefficient (Wildman–Crippen LogP) is 3.33. The highest BCUT2D eigenvalue weighted by Gasteiger charge is 2.20. The number of aryl methyl sites for hydroxylation is 1. The summed E-state index contributed by atoms with van der Waals surface area (Å²) in [5.74, 6) is 0.446. The molecule has 0 unspecified atom stereocenters. The topological polar surface area (TPSA) is 84.4 Å². The van der Waals surface area contributed by atoms with Crippen LogP contribution in [0.3, 0.4) is 0 Å². The van der Waals surface area contributed by atoms with Gasteiger partial charge in [-0.05, 0) is 31.9 Å². The van der Waals surface area contributed by atoms with Crippen LogP contribution in [0.4, 0.5) is 11.5 Å². The van der Waals surface area contributed by atoms with Crippen LogP contribution in [0.25, 0.3) is 0 Å². The lowest BCUT2D eigenvalue weighted by atomic mass is 10.2. The molecular weight excluding hydrogens is 344 g/mol. The van der Waals surface area contributed by atoms with Crippen molar-refractivity contribution in [1.82, 2.24) is 14.9 Å². The highest BCUT2D eigenvalue weighted by molar-refractivity contribution is 5.97. The highest BCUT2D eigenvalue weighted by atomic mass is 16.5. The Balaban J connectivity index is 1.86. The van der Waals surface area contributed by atoms with E-state index in [1.807, 2.05) is 11.0 Å². The second kappa shape index (κ2) is 8.62. The summed E-state index contributed by atoms with van der Waals surface area (Å²) in [6.45, 7) is 3.27. The third-order valence-corrected chi connectivity index (χ3v) is 4.55. The number of rotatable bonds is 4. The molecule has 0 saturated carbocycles. The van der Waals surface area contributed by atoms with Crippen LogP contribution in [-0.2, 0) is 4.74 Å². The third-order valence-electron chi connectivity index (χ3n) is 4.55. The van der Waals surface area contributed by atoms with Crippen LogP contribution in [0.5, 0.6) is 0 Å². The zero-order valence-corrected chi connectivity index (χ0v) is 15.7. The molecule has 1 aliphatic rings. The molecule has 1 aromatic carbocycles. The van der Waals surface area contributed by atoms with E-state index < -0.39 is 5.97 Å². The Bertz CT molecular complexity index is 830. The Morgan fingerprint density at radius 2 is 1.78 bits per heavy atom. The molecule has 1 N–H and O–H groups in total. The lowest BCUT2D eigenvalue weighted by Gasteiger charge is -2.20. The van der Waals surface area contributed by atoms with Gasteiger partial charge in [-0.25, -0.2) is 14.8 Å². The summed E-state index contributed by atoms with van der Waals surface area (Å²) >= 11 is 0. The molecular formula is C20H24N4O3. The van der Waals surface area contributed by atoms with Crippen molar-refractivity contribution < 1.29 is 14.3 Å². The number of nitrogens with one attached hydrogen (secondary N) is 1. The molecule has 27 heavy (non-hydrogen) atoms. The molecule has 1 amide bonds. The minimum Gasteiger partial charge on any atom is -0.465 e. The molecule has 0 spiro atoms. The molecule has 1 saturated heterocycles. The number of nitrogens with zero attached hydrogens (tertiary/aromatic N) is 3. The molecule has 1 fully saturated rings. The number of likely N-dealkylation sites (tertiary alicyclic amines) is 1. The molecule has 0 atom stereocenters. The monoisotopic (exact) mass is 368 g/mol. The molecule has 7 heteroatoms. The summed E-state index contributed by atoms with van der Waals surface area (Å²) in [6, 6.07) is 8.64. The van der Waals surface area contributed by atoms with Crippen LogP contribution in [0.15, 0.2) is 30.3 Å². The number of carbonyl (C=O) groups is 2. The normalized spacial score (nSPS) is 14.4. The van der Waals surface area contributed by atoms with Gasteiger partial charge in [0.25, 0.3) is 5.91 Å². The van der Waals surface area contributed by atoms with Crippen LogP contribution in [0, 0.1) is 6.92 Å². The second-order valence-corrected chi connectivity index (χ2v) is 6.55. The van der Waals surface area contributed by atoms with Crippen LogP contribution in [-0.4, -0.2) is 46.9 Å². The van der Waals surface area contributed by atoms with Crippen molar-refractivity contribution in [3.05, 3.63) is 47.4 Å². The van der Waals surface area contributed by atoms with E-state index in [9.17, 15) is 9.59 Å². The van der Waals surface area contributed by atoms with E-state index in [4.69, 9.17) is 4.74 Å². The summed E-state index contributed by atoms with van der Waals surface area (Å²) in [6.07, 6.45) is 4.36. The number of hydrogen-bond acceptors (Lipinski definition) is 6. The fourth-order valence-corrected chi connectivity index (χ4v) is 3.20. The van der Waals surface area contributed by atoms with E-state index in [2.05, 4.69) is 15.3 Å². The molecule has 1 aromatic heterocycles. The maximum absolute atomic E-state index is 12.9. The van der Waals surface area contributed by atoms with E-state index in [0.29, 0.717) is 28.6 Å². The summed E-state index contributed by atoms with van der Waals surface area (Å²) in [7, 11) is 1.34. The van der Waals surface area contributed by atoms with Crippen LogP contribution < -0.4 is 5.32 Å². The third kappa shape index (κ3) is 4.61. The van der Waals surface area contributed by atoms with Crippen molar-refractivity contribution >= 4 is 23.4 Å². The molecule has 0 bridgehead atoms. The minimum absolute atomic E-state index is 0.0771. The van der Waals surface area contributed by atoms with E-state index in [1.54, 1.807) is 31.2 Å². The molecule has 142 valence electrons. The first-order chi connectivity index (χ1) is 13.1. The van der Waals surface area contributed by atoms with Crippen molar-refractivity contribution in [2.75, 3.05) is 25.5 Å². The summed E-state index contributed by atoms with van der Waals surface area (Å²) in [4.78, 5) is 35.4. The SMILES string of the molecule is COC(=O)c1ccccc1Nc1cc(C(=O)N2CCCCCC2)nc(C)n1. The van der Waals surface area contributed by atoms with Crippen molar-refractivity contribution in [2.24, 2.45) is 0 Å². The molecule has 2 heterocycles. The Hall–Kier alpha value is -2.96. The summed E-state index contributed by atoms with van der Waals surface area (Å²) < 4.78 is 4.82. The van der Waals surface area contributed by atoms with E-state index in [-0.39, 0.29) is 5.91 Å². The number of carbonyl (C=O) groups excluding carboxylic acids is 2. The second-order valence-electron chi connectivity index (χ2n) is 6.55. The Labute approximate surface area is 158 Å². The number of esters is 1. The number of ether oxygens (including phenoxy) is 1. The van der Waals surface area contributed by atoms with E-state index >= 15 is 0 Å². The largest absolute Gasteiger partial charge is 0.465 e. The molecule has 7 nitrogen and oxygen atoms in total. The molecule has 0 radical (unpaired) electrons.